The molecular formula is C15H21NOS. The number of hydrogen-bond donors (Lipinski definition) is 1. The first kappa shape index (κ1) is 12.2. The van der Waals surface area contributed by atoms with Crippen LogP contribution in [0.2, 0.25) is 0 Å². The third-order valence-corrected chi connectivity index (χ3v) is 5.80. The van der Waals surface area contributed by atoms with Crippen LogP contribution in [-0.2, 0) is 10.2 Å². The Morgan fingerprint density at radius 1 is 1.33 bits per heavy atom. The first-order chi connectivity index (χ1) is 8.80. The Bertz CT molecular complexity index is 402. The summed E-state index contributed by atoms with van der Waals surface area (Å²) in [5, 5.41) is 5.38. The van der Waals surface area contributed by atoms with Gasteiger partial charge >= 0.3 is 0 Å². The zero-order valence-corrected chi connectivity index (χ0v) is 11.6. The van der Waals surface area contributed by atoms with E-state index in [2.05, 4.69) is 22.8 Å². The fourth-order valence-corrected chi connectivity index (χ4v) is 4.20. The highest BCUT2D eigenvalue weighted by Crippen LogP contribution is 2.42. The Labute approximate surface area is 113 Å². The Balaban J connectivity index is 1.65. The lowest BCUT2D eigenvalue weighted by molar-refractivity contribution is -0.127. The number of hydrogen-bond acceptors (Lipinski definition) is 2. The van der Waals surface area contributed by atoms with Gasteiger partial charge in [0, 0.05) is 22.8 Å². The van der Waals surface area contributed by atoms with Gasteiger partial charge in [0.05, 0.1) is 0 Å². The number of nitrogens with one attached hydrogen (secondary N) is 1. The standard InChI is InChI=1S/C15H21NOS/c17-14(12-5-3-6-12)16-11-15(8-1-2-9-15)13-7-4-10-18-13/h4,7,10,12H,1-3,5-6,8-9,11H2,(H,16,17). The van der Waals surface area contributed by atoms with Crippen molar-refractivity contribution >= 4 is 17.2 Å². The molecule has 1 heterocycles. The molecule has 0 saturated heterocycles. The molecule has 0 unspecified atom stereocenters. The molecule has 98 valence electrons. The Morgan fingerprint density at radius 3 is 2.67 bits per heavy atom. The van der Waals surface area contributed by atoms with E-state index in [0.29, 0.717) is 11.8 Å². The molecule has 0 aromatic carbocycles. The van der Waals surface area contributed by atoms with Crippen LogP contribution >= 0.6 is 11.3 Å². The van der Waals surface area contributed by atoms with Gasteiger partial charge < -0.3 is 5.32 Å². The van der Waals surface area contributed by atoms with Crippen molar-refractivity contribution in [3.05, 3.63) is 22.4 Å². The third kappa shape index (κ3) is 2.20. The van der Waals surface area contributed by atoms with Crippen LogP contribution < -0.4 is 5.32 Å². The van der Waals surface area contributed by atoms with Gasteiger partial charge in [-0.1, -0.05) is 25.3 Å². The number of thiophene rings is 1. The van der Waals surface area contributed by atoms with Crippen LogP contribution in [-0.4, -0.2) is 12.5 Å². The number of rotatable bonds is 4. The van der Waals surface area contributed by atoms with E-state index in [1.54, 1.807) is 0 Å². The summed E-state index contributed by atoms with van der Waals surface area (Å²) in [6.45, 7) is 0.850. The second-order valence-electron chi connectivity index (χ2n) is 5.81. The van der Waals surface area contributed by atoms with Crippen LogP contribution in [0.5, 0.6) is 0 Å². The molecule has 0 spiro atoms. The van der Waals surface area contributed by atoms with Gasteiger partial charge in [-0.25, -0.2) is 0 Å². The Hall–Kier alpha value is -0.830. The second-order valence-corrected chi connectivity index (χ2v) is 6.76. The van der Waals surface area contributed by atoms with Gasteiger partial charge in [0.25, 0.3) is 0 Å². The lowest BCUT2D eigenvalue weighted by atomic mass is 9.82. The summed E-state index contributed by atoms with van der Waals surface area (Å²) < 4.78 is 0. The number of carbonyl (C=O) groups is 1. The fourth-order valence-electron chi connectivity index (χ4n) is 3.21. The molecule has 0 bridgehead atoms. The summed E-state index contributed by atoms with van der Waals surface area (Å²) in [6, 6.07) is 4.37. The molecule has 3 heteroatoms. The molecule has 1 aromatic heterocycles. The molecular weight excluding hydrogens is 242 g/mol. The first-order valence-corrected chi connectivity index (χ1v) is 8.00. The summed E-state index contributed by atoms with van der Waals surface area (Å²) in [5.74, 6) is 0.607. The van der Waals surface area contributed by atoms with E-state index < -0.39 is 0 Å². The van der Waals surface area contributed by atoms with Crippen LogP contribution in [0.4, 0.5) is 0 Å². The van der Waals surface area contributed by atoms with Gasteiger partial charge in [0.15, 0.2) is 0 Å². The summed E-state index contributed by atoms with van der Waals surface area (Å²) in [7, 11) is 0. The predicted molar refractivity (Wildman–Crippen MR) is 74.8 cm³/mol. The van der Waals surface area contributed by atoms with Crippen molar-refractivity contribution in [1.29, 1.82) is 0 Å². The molecule has 2 fully saturated rings. The van der Waals surface area contributed by atoms with Gasteiger partial charge in [-0.3, -0.25) is 4.79 Å². The normalized spacial score (nSPS) is 22.7. The molecule has 3 rings (SSSR count). The van der Waals surface area contributed by atoms with Crippen molar-refractivity contribution < 1.29 is 4.79 Å². The Morgan fingerprint density at radius 2 is 2.11 bits per heavy atom. The summed E-state index contributed by atoms with van der Waals surface area (Å²) in [5.41, 5.74) is 0.244. The largest absolute Gasteiger partial charge is 0.355 e. The molecule has 0 aliphatic heterocycles. The van der Waals surface area contributed by atoms with Crippen molar-refractivity contribution in [2.24, 2.45) is 5.92 Å². The number of carbonyl (C=O) groups excluding carboxylic acids is 1. The average molecular weight is 263 g/mol. The molecule has 2 saturated carbocycles. The molecule has 1 N–H and O–H groups in total. The minimum Gasteiger partial charge on any atom is -0.355 e. The molecule has 2 nitrogen and oxygen atoms in total. The maximum Gasteiger partial charge on any atom is 0.223 e. The van der Waals surface area contributed by atoms with Gasteiger partial charge in [0.2, 0.25) is 5.91 Å². The third-order valence-electron chi connectivity index (χ3n) is 4.68. The van der Waals surface area contributed by atoms with Crippen molar-refractivity contribution in [1.82, 2.24) is 5.32 Å². The highest BCUT2D eigenvalue weighted by atomic mass is 32.1. The van der Waals surface area contributed by atoms with Crippen molar-refractivity contribution in [3.63, 3.8) is 0 Å². The molecule has 1 aromatic rings. The fraction of sp³-hybridized carbons (Fsp3) is 0.667. The zero-order chi connectivity index (χ0) is 12.4. The van der Waals surface area contributed by atoms with E-state index in [0.717, 1.165) is 19.4 Å². The number of amides is 1. The zero-order valence-electron chi connectivity index (χ0n) is 10.8. The Kier molecular flexibility index (Phi) is 3.42. The van der Waals surface area contributed by atoms with Gasteiger partial charge in [-0.2, -0.15) is 0 Å². The van der Waals surface area contributed by atoms with Gasteiger partial charge in [-0.15, -0.1) is 11.3 Å². The van der Waals surface area contributed by atoms with Crippen LogP contribution in [0.3, 0.4) is 0 Å². The molecule has 0 radical (unpaired) electrons. The molecule has 1 amide bonds. The van der Waals surface area contributed by atoms with E-state index in [9.17, 15) is 4.79 Å². The monoisotopic (exact) mass is 263 g/mol. The smallest absolute Gasteiger partial charge is 0.223 e. The minimum absolute atomic E-state index is 0.244. The molecule has 0 atom stereocenters. The van der Waals surface area contributed by atoms with Crippen LogP contribution in [0.15, 0.2) is 17.5 Å². The van der Waals surface area contributed by atoms with Crippen LogP contribution in [0.25, 0.3) is 0 Å². The molecule has 2 aliphatic rings. The highest BCUT2D eigenvalue weighted by Gasteiger charge is 2.37. The van der Waals surface area contributed by atoms with Gasteiger partial charge in [0.1, 0.15) is 0 Å². The van der Waals surface area contributed by atoms with Crippen molar-refractivity contribution in [2.75, 3.05) is 6.54 Å². The van der Waals surface area contributed by atoms with Crippen molar-refractivity contribution in [3.8, 4) is 0 Å². The van der Waals surface area contributed by atoms with Crippen LogP contribution in [0, 0.1) is 5.92 Å². The quantitative estimate of drug-likeness (QED) is 0.885. The average Bonchev–Trinajstić information content (AvgIpc) is 2.96. The van der Waals surface area contributed by atoms with Crippen molar-refractivity contribution in [2.45, 2.75) is 50.4 Å². The van der Waals surface area contributed by atoms with E-state index in [4.69, 9.17) is 0 Å². The topological polar surface area (TPSA) is 29.1 Å². The van der Waals surface area contributed by atoms with Gasteiger partial charge in [-0.05, 0) is 37.1 Å². The first-order valence-electron chi connectivity index (χ1n) is 7.12. The van der Waals surface area contributed by atoms with E-state index in [1.807, 2.05) is 11.3 Å². The van der Waals surface area contributed by atoms with Crippen LogP contribution in [0.1, 0.15) is 49.8 Å². The van der Waals surface area contributed by atoms with E-state index in [1.165, 1.54) is 37.0 Å². The highest BCUT2D eigenvalue weighted by molar-refractivity contribution is 7.10. The second kappa shape index (κ2) is 5.04. The van der Waals surface area contributed by atoms with E-state index in [-0.39, 0.29) is 5.41 Å². The maximum absolute atomic E-state index is 12.0. The summed E-state index contributed by atoms with van der Waals surface area (Å²) in [6.07, 6.45) is 8.50. The lowest BCUT2D eigenvalue weighted by Crippen LogP contribution is -2.42. The molecule has 2 aliphatic carbocycles. The summed E-state index contributed by atoms with van der Waals surface area (Å²) >= 11 is 1.85. The maximum atomic E-state index is 12.0. The predicted octanol–water partition coefficient (Wildman–Crippen LogP) is 3.48. The minimum atomic E-state index is 0.244. The summed E-state index contributed by atoms with van der Waals surface area (Å²) in [4.78, 5) is 13.5. The lowest BCUT2D eigenvalue weighted by Gasteiger charge is -2.31. The SMILES string of the molecule is O=C(NCC1(c2cccs2)CCCC1)C1CCC1. The van der Waals surface area contributed by atoms with E-state index >= 15 is 0 Å². The molecule has 18 heavy (non-hydrogen) atoms.